The lowest BCUT2D eigenvalue weighted by Crippen LogP contribution is -2.51. The maximum atomic E-state index is 13.6. The van der Waals surface area contributed by atoms with Gasteiger partial charge >= 0.3 is 0 Å². The lowest BCUT2D eigenvalue weighted by molar-refractivity contribution is -0.133. The molecule has 0 bridgehead atoms. The van der Waals surface area contributed by atoms with Gasteiger partial charge in [-0.1, -0.05) is 24.6 Å². The molecule has 2 saturated heterocycles. The highest BCUT2D eigenvalue weighted by Crippen LogP contribution is 2.35. The molecule has 0 saturated carbocycles. The first-order chi connectivity index (χ1) is 18.6. The number of rotatable bonds is 5. The Labute approximate surface area is 220 Å². The van der Waals surface area contributed by atoms with Crippen molar-refractivity contribution in [3.63, 3.8) is 0 Å². The highest BCUT2D eigenvalue weighted by molar-refractivity contribution is 6.18. The van der Waals surface area contributed by atoms with Gasteiger partial charge in [0.1, 0.15) is 5.75 Å². The van der Waals surface area contributed by atoms with E-state index in [0.717, 1.165) is 39.3 Å². The average Bonchev–Trinajstić information content (AvgIpc) is 3.29. The van der Waals surface area contributed by atoms with E-state index >= 15 is 0 Å². The first-order valence-electron chi connectivity index (χ1n) is 13.8. The summed E-state index contributed by atoms with van der Waals surface area (Å²) >= 11 is 0. The molecule has 5 aromatic rings. The van der Waals surface area contributed by atoms with Crippen LogP contribution in [0.2, 0.25) is 0 Å². The summed E-state index contributed by atoms with van der Waals surface area (Å²) in [7, 11) is 1.89. The Kier molecular flexibility index (Phi) is 5.69. The van der Waals surface area contributed by atoms with E-state index < -0.39 is 0 Å². The molecule has 0 aliphatic carbocycles. The Balaban J connectivity index is 1.15. The van der Waals surface area contributed by atoms with Gasteiger partial charge in [-0.2, -0.15) is 0 Å². The van der Waals surface area contributed by atoms with Gasteiger partial charge in [0.2, 0.25) is 0 Å². The summed E-state index contributed by atoms with van der Waals surface area (Å²) in [6.45, 7) is 3.16. The molecule has 0 spiro atoms. The molecule has 2 fully saturated rings. The van der Waals surface area contributed by atoms with Crippen LogP contribution in [0, 0.1) is 5.92 Å². The molecule has 7 heteroatoms. The number of hydrogen-bond donors (Lipinski definition) is 0. The molecule has 2 atom stereocenters. The number of aromatic nitrogens is 2. The van der Waals surface area contributed by atoms with Gasteiger partial charge in [0.25, 0.3) is 11.5 Å². The summed E-state index contributed by atoms with van der Waals surface area (Å²) < 4.78 is 7.74. The lowest BCUT2D eigenvalue weighted by Gasteiger charge is -2.45. The minimum absolute atomic E-state index is 0.0174. The summed E-state index contributed by atoms with van der Waals surface area (Å²) in [5.74, 6) is 1.10. The van der Waals surface area contributed by atoms with Gasteiger partial charge in [-0.05, 0) is 69.0 Å². The second-order valence-corrected chi connectivity index (χ2v) is 11.0. The molecular weight excluding hydrogens is 476 g/mol. The monoisotopic (exact) mass is 508 g/mol. The SMILES string of the molecule is CN(CC1CCCN2CCCCC12)C(=O)COc1ccc2c3ccnc4c5ccccc5c(=O)n(c2c1)c34. The molecule has 2 aromatic carbocycles. The number of benzene rings is 2. The number of ether oxygens (including phenoxy) is 1. The zero-order valence-electron chi connectivity index (χ0n) is 21.7. The van der Waals surface area contributed by atoms with Crippen LogP contribution < -0.4 is 10.3 Å². The summed E-state index contributed by atoms with van der Waals surface area (Å²) in [4.78, 5) is 35.7. The zero-order valence-corrected chi connectivity index (χ0v) is 21.7. The van der Waals surface area contributed by atoms with Gasteiger partial charge in [-0.15, -0.1) is 0 Å². The molecule has 38 heavy (non-hydrogen) atoms. The minimum atomic E-state index is -0.0710. The lowest BCUT2D eigenvalue weighted by atomic mass is 9.83. The van der Waals surface area contributed by atoms with Crippen LogP contribution in [0.4, 0.5) is 0 Å². The fourth-order valence-electron chi connectivity index (χ4n) is 6.94. The third kappa shape index (κ3) is 3.71. The second kappa shape index (κ2) is 9.24. The number of pyridine rings is 2. The average molecular weight is 509 g/mol. The Morgan fingerprint density at radius 3 is 2.74 bits per heavy atom. The van der Waals surface area contributed by atoms with Crippen LogP contribution in [0.5, 0.6) is 5.75 Å². The number of carbonyl (C=O) groups is 1. The first kappa shape index (κ1) is 23.4. The van der Waals surface area contributed by atoms with Crippen molar-refractivity contribution in [3.05, 3.63) is 65.1 Å². The standard InChI is InChI=1S/C31H32N4O3/c1-33(18-20-7-6-16-34-15-5-4-10-26(20)34)28(36)19-38-21-11-12-22-24-13-14-32-29-23-8-2-3-9-25(23)31(37)35(30(24)29)27(22)17-21/h2-3,8-9,11-14,17,20,26H,4-7,10,15-16,18-19H2,1H3. The van der Waals surface area contributed by atoms with Crippen LogP contribution in [-0.2, 0) is 4.79 Å². The number of likely N-dealkylation sites (N-methyl/N-ethyl adjacent to an activating group) is 1. The van der Waals surface area contributed by atoms with E-state index in [1.54, 1.807) is 10.6 Å². The van der Waals surface area contributed by atoms with E-state index in [9.17, 15) is 9.59 Å². The Bertz CT molecular complexity index is 1730. The van der Waals surface area contributed by atoms with Gasteiger partial charge in [-0.3, -0.25) is 19.0 Å². The molecule has 7 nitrogen and oxygen atoms in total. The van der Waals surface area contributed by atoms with Crippen LogP contribution in [0.25, 0.3) is 38.1 Å². The number of piperidine rings is 2. The number of amides is 1. The van der Waals surface area contributed by atoms with Crippen molar-refractivity contribution in [1.82, 2.24) is 19.2 Å². The third-order valence-corrected chi connectivity index (χ3v) is 8.79. The van der Waals surface area contributed by atoms with Gasteiger partial charge < -0.3 is 14.5 Å². The number of hydrogen-bond acceptors (Lipinski definition) is 5. The first-order valence-corrected chi connectivity index (χ1v) is 13.8. The third-order valence-electron chi connectivity index (χ3n) is 8.79. The van der Waals surface area contributed by atoms with Gasteiger partial charge in [-0.25, -0.2) is 0 Å². The van der Waals surface area contributed by atoms with E-state index in [2.05, 4.69) is 9.88 Å². The Hall–Kier alpha value is -3.71. The number of nitrogens with zero attached hydrogens (tertiary/aromatic N) is 4. The molecule has 7 rings (SSSR count). The summed E-state index contributed by atoms with van der Waals surface area (Å²) in [6.07, 6.45) is 8.04. The van der Waals surface area contributed by atoms with Gasteiger partial charge in [0.05, 0.1) is 16.6 Å². The molecule has 194 valence electrons. The van der Waals surface area contributed by atoms with Crippen LogP contribution in [-0.4, -0.2) is 64.4 Å². The van der Waals surface area contributed by atoms with E-state index in [-0.39, 0.29) is 18.1 Å². The van der Waals surface area contributed by atoms with E-state index in [1.165, 1.54) is 45.2 Å². The Morgan fingerprint density at radius 1 is 1.00 bits per heavy atom. The van der Waals surface area contributed by atoms with Crippen molar-refractivity contribution in [2.24, 2.45) is 5.92 Å². The van der Waals surface area contributed by atoms with Gasteiger partial charge in [0.15, 0.2) is 6.61 Å². The quantitative estimate of drug-likeness (QED) is 0.322. The molecular formula is C31H32N4O3. The molecule has 2 unspecified atom stereocenters. The number of fused-ring (bicyclic) bond motifs is 6. The maximum Gasteiger partial charge on any atom is 0.263 e. The molecule has 0 radical (unpaired) electrons. The second-order valence-electron chi connectivity index (χ2n) is 11.0. The molecule has 2 aliphatic rings. The van der Waals surface area contributed by atoms with Crippen molar-refractivity contribution >= 4 is 44.0 Å². The minimum Gasteiger partial charge on any atom is -0.484 e. The van der Waals surface area contributed by atoms with Crippen molar-refractivity contribution < 1.29 is 9.53 Å². The topological polar surface area (TPSA) is 67.2 Å². The number of carbonyl (C=O) groups excluding carboxylic acids is 1. The summed E-state index contributed by atoms with van der Waals surface area (Å²) in [5.41, 5.74) is 2.33. The predicted octanol–water partition coefficient (Wildman–Crippen LogP) is 4.69. The van der Waals surface area contributed by atoms with E-state index in [1.807, 2.05) is 60.5 Å². The van der Waals surface area contributed by atoms with Gasteiger partial charge in [0, 0.05) is 53.4 Å². The van der Waals surface area contributed by atoms with Crippen LogP contribution in [0.1, 0.15) is 32.1 Å². The zero-order chi connectivity index (χ0) is 25.8. The highest BCUT2D eigenvalue weighted by atomic mass is 16.5. The fraction of sp³-hybridized carbons (Fsp3) is 0.387. The van der Waals surface area contributed by atoms with Crippen molar-refractivity contribution in [2.75, 3.05) is 33.3 Å². The smallest absolute Gasteiger partial charge is 0.263 e. The largest absolute Gasteiger partial charge is 0.484 e. The van der Waals surface area contributed by atoms with E-state index in [4.69, 9.17) is 4.74 Å². The van der Waals surface area contributed by atoms with E-state index in [0.29, 0.717) is 23.1 Å². The summed E-state index contributed by atoms with van der Waals surface area (Å²) in [6, 6.07) is 15.9. The van der Waals surface area contributed by atoms with Crippen LogP contribution in [0.15, 0.2) is 59.5 Å². The van der Waals surface area contributed by atoms with Crippen molar-refractivity contribution in [1.29, 1.82) is 0 Å². The maximum absolute atomic E-state index is 13.6. The van der Waals surface area contributed by atoms with Crippen molar-refractivity contribution in [3.8, 4) is 5.75 Å². The Morgan fingerprint density at radius 2 is 1.84 bits per heavy atom. The molecule has 3 aromatic heterocycles. The molecule has 5 heterocycles. The highest BCUT2D eigenvalue weighted by Gasteiger charge is 2.34. The van der Waals surface area contributed by atoms with Crippen LogP contribution in [0.3, 0.4) is 0 Å². The molecule has 1 amide bonds. The predicted molar refractivity (Wildman–Crippen MR) is 150 cm³/mol. The molecule has 2 aliphatic heterocycles. The normalized spacial score (nSPS) is 20.3. The van der Waals surface area contributed by atoms with Crippen LogP contribution >= 0.6 is 0 Å². The fourth-order valence-corrected chi connectivity index (χ4v) is 6.94. The summed E-state index contributed by atoms with van der Waals surface area (Å²) in [5, 5.41) is 3.45. The van der Waals surface area contributed by atoms with Crippen molar-refractivity contribution in [2.45, 2.75) is 38.1 Å². The molecule has 0 N–H and O–H groups in total.